The van der Waals surface area contributed by atoms with E-state index in [4.69, 9.17) is 0 Å². The lowest BCUT2D eigenvalue weighted by Crippen LogP contribution is -2.29. The fourth-order valence-electron chi connectivity index (χ4n) is 1.29. The first kappa shape index (κ1) is 15.1. The first-order valence-corrected chi connectivity index (χ1v) is 7.93. The zero-order chi connectivity index (χ0) is 13.6. The molecule has 0 aliphatic carbocycles. The van der Waals surface area contributed by atoms with Gasteiger partial charge in [0.05, 0.1) is 11.4 Å². The van der Waals surface area contributed by atoms with Crippen LogP contribution in [0.25, 0.3) is 0 Å². The summed E-state index contributed by atoms with van der Waals surface area (Å²) in [5, 5.41) is 7.64. The highest BCUT2D eigenvalue weighted by Gasteiger charge is 2.08. The lowest BCUT2D eigenvalue weighted by Gasteiger charge is -2.06. The minimum atomic E-state index is -3.17. The van der Waals surface area contributed by atoms with Gasteiger partial charge in [0.25, 0.3) is 0 Å². The molecule has 0 spiro atoms. The lowest BCUT2D eigenvalue weighted by atomic mass is 10.3. The molecule has 1 aromatic rings. The third-order valence-electron chi connectivity index (χ3n) is 2.20. The Morgan fingerprint density at radius 3 is 2.78 bits per heavy atom. The molecule has 0 unspecified atom stereocenters. The van der Waals surface area contributed by atoms with E-state index in [9.17, 15) is 13.2 Å². The summed E-state index contributed by atoms with van der Waals surface area (Å²) in [5.41, 5.74) is 0.775. The smallest absolute Gasteiger partial charge is 0.221 e. The normalized spacial score (nSPS) is 11.4. The van der Waals surface area contributed by atoms with Crippen molar-refractivity contribution in [1.82, 2.24) is 10.0 Å². The second-order valence-electron chi connectivity index (χ2n) is 3.64. The molecule has 1 amide bonds. The van der Waals surface area contributed by atoms with E-state index in [2.05, 4.69) is 15.4 Å². The molecule has 0 aliphatic heterocycles. The Bertz CT molecular complexity index is 496. The molecule has 1 heterocycles. The number of rotatable bonds is 7. The number of amides is 1. The van der Waals surface area contributed by atoms with Crippen molar-refractivity contribution in [3.8, 4) is 0 Å². The van der Waals surface area contributed by atoms with Gasteiger partial charge < -0.3 is 10.6 Å². The molecule has 1 rings (SSSR count). The average Bonchev–Trinajstić information content (AvgIpc) is 2.71. The van der Waals surface area contributed by atoms with Crippen molar-refractivity contribution in [3.63, 3.8) is 0 Å². The van der Waals surface area contributed by atoms with Crippen molar-refractivity contribution in [2.45, 2.75) is 13.5 Å². The fraction of sp³-hybridized carbons (Fsp3) is 0.500. The van der Waals surface area contributed by atoms with Crippen LogP contribution in [-0.2, 0) is 21.4 Å². The molecular weight excluding hydrogens is 274 g/mol. The van der Waals surface area contributed by atoms with Gasteiger partial charge in [-0.15, -0.1) is 11.3 Å². The molecule has 6 nitrogen and oxygen atoms in total. The van der Waals surface area contributed by atoms with Gasteiger partial charge in [-0.25, -0.2) is 13.1 Å². The van der Waals surface area contributed by atoms with Crippen LogP contribution in [0.15, 0.2) is 11.4 Å². The van der Waals surface area contributed by atoms with Crippen LogP contribution in [0.4, 0.5) is 5.69 Å². The van der Waals surface area contributed by atoms with Crippen molar-refractivity contribution in [3.05, 3.63) is 16.3 Å². The summed E-state index contributed by atoms with van der Waals surface area (Å²) >= 11 is 1.51. The second-order valence-corrected chi connectivity index (χ2v) is 6.69. The molecule has 0 bridgehead atoms. The number of nitrogens with one attached hydrogen (secondary N) is 3. The number of carbonyl (C=O) groups excluding carboxylic acids is 1. The summed E-state index contributed by atoms with van der Waals surface area (Å²) in [6.45, 7) is 2.35. The average molecular weight is 291 g/mol. The van der Waals surface area contributed by atoms with Crippen LogP contribution in [0.3, 0.4) is 0 Å². The van der Waals surface area contributed by atoms with Crippen LogP contribution in [0, 0.1) is 0 Å². The first-order chi connectivity index (χ1) is 8.44. The van der Waals surface area contributed by atoms with Crippen molar-refractivity contribution in [1.29, 1.82) is 0 Å². The van der Waals surface area contributed by atoms with Crippen molar-refractivity contribution in [2.24, 2.45) is 0 Å². The minimum absolute atomic E-state index is 0.0321. The zero-order valence-electron chi connectivity index (χ0n) is 10.3. The van der Waals surface area contributed by atoms with E-state index in [-0.39, 0.29) is 11.7 Å². The van der Waals surface area contributed by atoms with E-state index in [1.165, 1.54) is 25.3 Å². The van der Waals surface area contributed by atoms with Crippen LogP contribution >= 0.6 is 11.3 Å². The van der Waals surface area contributed by atoms with E-state index in [0.717, 1.165) is 10.6 Å². The van der Waals surface area contributed by atoms with E-state index in [1.807, 2.05) is 11.4 Å². The van der Waals surface area contributed by atoms with Crippen molar-refractivity contribution in [2.75, 3.05) is 24.7 Å². The molecular formula is C10H17N3O3S2. The number of sulfonamides is 1. The van der Waals surface area contributed by atoms with Crippen LogP contribution in [0.2, 0.25) is 0 Å². The molecule has 0 saturated heterocycles. The van der Waals surface area contributed by atoms with Gasteiger partial charge in [-0.1, -0.05) is 0 Å². The van der Waals surface area contributed by atoms with Gasteiger partial charge >= 0.3 is 0 Å². The monoisotopic (exact) mass is 291 g/mol. The van der Waals surface area contributed by atoms with Gasteiger partial charge in [0, 0.05) is 24.9 Å². The SMILES string of the molecule is CNS(=O)(=O)CCNCc1sccc1NC(C)=O. The maximum Gasteiger partial charge on any atom is 0.221 e. The Labute approximate surface area is 111 Å². The Kier molecular flexibility index (Phi) is 5.73. The molecule has 0 fully saturated rings. The Balaban J connectivity index is 2.40. The number of hydrogen-bond acceptors (Lipinski definition) is 5. The summed E-state index contributed by atoms with van der Waals surface area (Å²) in [6.07, 6.45) is 0. The minimum Gasteiger partial charge on any atom is -0.325 e. The van der Waals surface area contributed by atoms with Gasteiger partial charge in [0.1, 0.15) is 0 Å². The molecule has 0 aliphatic rings. The Hall–Kier alpha value is -0.960. The predicted molar refractivity (Wildman–Crippen MR) is 73.2 cm³/mol. The molecule has 0 radical (unpaired) electrons. The molecule has 102 valence electrons. The van der Waals surface area contributed by atoms with Gasteiger partial charge in [-0.3, -0.25) is 4.79 Å². The highest BCUT2D eigenvalue weighted by Crippen LogP contribution is 2.21. The van der Waals surface area contributed by atoms with E-state index in [0.29, 0.717) is 13.1 Å². The summed E-state index contributed by atoms with van der Waals surface area (Å²) in [4.78, 5) is 11.9. The number of hydrogen-bond donors (Lipinski definition) is 3. The van der Waals surface area contributed by atoms with Crippen LogP contribution in [0.1, 0.15) is 11.8 Å². The highest BCUT2D eigenvalue weighted by atomic mass is 32.2. The fourth-order valence-corrected chi connectivity index (χ4v) is 2.71. The van der Waals surface area contributed by atoms with Gasteiger partial charge in [-0.05, 0) is 18.5 Å². The zero-order valence-corrected chi connectivity index (χ0v) is 12.0. The Morgan fingerprint density at radius 1 is 1.44 bits per heavy atom. The van der Waals surface area contributed by atoms with Crippen LogP contribution in [-0.4, -0.2) is 33.7 Å². The third-order valence-corrected chi connectivity index (χ3v) is 4.48. The molecule has 18 heavy (non-hydrogen) atoms. The standard InChI is InChI=1S/C10H17N3O3S2/c1-8(14)13-9-3-5-17-10(9)7-12-4-6-18(15,16)11-2/h3,5,11-12H,4,6-7H2,1-2H3,(H,13,14). The summed E-state index contributed by atoms with van der Waals surface area (Å²) < 4.78 is 24.6. The number of anilines is 1. The van der Waals surface area contributed by atoms with Gasteiger partial charge in [0.2, 0.25) is 15.9 Å². The highest BCUT2D eigenvalue weighted by molar-refractivity contribution is 7.89. The van der Waals surface area contributed by atoms with Gasteiger partial charge in [-0.2, -0.15) is 0 Å². The number of thiophene rings is 1. The maximum atomic E-state index is 11.2. The molecule has 3 N–H and O–H groups in total. The van der Waals surface area contributed by atoms with Gasteiger partial charge in [0.15, 0.2) is 0 Å². The Morgan fingerprint density at radius 2 is 2.17 bits per heavy atom. The second kappa shape index (κ2) is 6.83. The van der Waals surface area contributed by atoms with Crippen molar-refractivity contribution >= 4 is 33.0 Å². The van der Waals surface area contributed by atoms with E-state index in [1.54, 1.807) is 0 Å². The van der Waals surface area contributed by atoms with Crippen LogP contribution in [0.5, 0.6) is 0 Å². The summed E-state index contributed by atoms with van der Waals surface area (Å²) in [5.74, 6) is -0.0860. The topological polar surface area (TPSA) is 87.3 Å². The molecule has 0 atom stereocenters. The largest absolute Gasteiger partial charge is 0.325 e. The molecule has 1 aromatic heterocycles. The summed E-state index contributed by atoms with van der Waals surface area (Å²) in [6, 6.07) is 1.83. The molecule has 0 aromatic carbocycles. The molecule has 0 saturated carbocycles. The van der Waals surface area contributed by atoms with Crippen molar-refractivity contribution < 1.29 is 13.2 Å². The quantitative estimate of drug-likeness (QED) is 0.632. The summed E-state index contributed by atoms with van der Waals surface area (Å²) in [7, 11) is -1.78. The first-order valence-electron chi connectivity index (χ1n) is 5.40. The number of carbonyl (C=O) groups is 1. The predicted octanol–water partition coefficient (Wildman–Crippen LogP) is 0.345. The maximum absolute atomic E-state index is 11.2. The lowest BCUT2D eigenvalue weighted by molar-refractivity contribution is -0.114. The van der Waals surface area contributed by atoms with E-state index >= 15 is 0 Å². The van der Waals surface area contributed by atoms with E-state index < -0.39 is 10.0 Å². The third kappa shape index (κ3) is 5.13. The molecule has 8 heteroatoms. The van der Waals surface area contributed by atoms with Crippen LogP contribution < -0.4 is 15.4 Å².